The molecule has 0 bridgehead atoms. The van der Waals surface area contributed by atoms with Crippen LogP contribution in [0.2, 0.25) is 0 Å². The number of hydrogen-bond donors (Lipinski definition) is 4. The van der Waals surface area contributed by atoms with Crippen molar-refractivity contribution in [2.45, 2.75) is 37.6 Å². The number of ether oxygens (including phenoxy) is 1. The quantitative estimate of drug-likeness (QED) is 0.0817. The minimum absolute atomic E-state index is 0.0641. The number of methoxy groups -OCH3 is 1. The summed E-state index contributed by atoms with van der Waals surface area (Å²) in [5, 5.41) is 17.2. The predicted octanol–water partition coefficient (Wildman–Crippen LogP) is 5.65. The van der Waals surface area contributed by atoms with Crippen LogP contribution >= 0.6 is 23.9 Å². The smallest absolute Gasteiger partial charge is 0.254 e. The zero-order valence-corrected chi connectivity index (χ0v) is 41.1. The fourth-order valence-corrected chi connectivity index (χ4v) is 10.7. The van der Waals surface area contributed by atoms with Crippen LogP contribution in [-0.4, -0.2) is 135 Å². The lowest BCUT2D eigenvalue weighted by Crippen LogP contribution is -2.52. The maximum Gasteiger partial charge on any atom is 0.254 e. The van der Waals surface area contributed by atoms with E-state index in [9.17, 15) is 19.2 Å². The molecule has 3 aliphatic heterocycles. The molecule has 0 aliphatic carbocycles. The van der Waals surface area contributed by atoms with E-state index in [0.717, 1.165) is 57.2 Å². The first-order valence-corrected chi connectivity index (χ1v) is 25.7. The minimum Gasteiger partial charge on any atom is -0.494 e. The number of aromatic nitrogens is 6. The van der Waals surface area contributed by atoms with Crippen LogP contribution in [0, 0.1) is 5.82 Å². The number of piperidine rings is 2. The van der Waals surface area contributed by atoms with Gasteiger partial charge in [-0.3, -0.25) is 44.0 Å². The second kappa shape index (κ2) is 20.5. The van der Waals surface area contributed by atoms with Crippen molar-refractivity contribution in [1.82, 2.24) is 50.1 Å². The molecule has 3 aliphatic rings. The lowest BCUT2D eigenvalue weighted by molar-refractivity contribution is -0.135. The van der Waals surface area contributed by atoms with Crippen molar-refractivity contribution < 1.29 is 28.3 Å². The largest absolute Gasteiger partial charge is 0.494 e. The number of halogens is 2. The minimum atomic E-state index is -0.890. The Morgan fingerprint density at radius 1 is 0.928 bits per heavy atom. The van der Waals surface area contributed by atoms with Crippen LogP contribution in [0.25, 0.3) is 22.2 Å². The van der Waals surface area contributed by atoms with Gasteiger partial charge in [-0.1, -0.05) is 14.0 Å². The Morgan fingerprint density at radius 2 is 1.71 bits per heavy atom. The zero-order chi connectivity index (χ0) is 48.3. The molecule has 3 fully saturated rings. The summed E-state index contributed by atoms with van der Waals surface area (Å²) < 4.78 is 23.7. The summed E-state index contributed by atoms with van der Waals surface area (Å²) in [4.78, 5) is 75.0. The summed E-state index contributed by atoms with van der Waals surface area (Å²) in [5.74, 6) is -0.695. The van der Waals surface area contributed by atoms with Gasteiger partial charge in [0.2, 0.25) is 23.7 Å². The van der Waals surface area contributed by atoms with Gasteiger partial charge in [0.05, 0.1) is 46.6 Å². The molecule has 4 amide bonds. The Bertz CT molecular complexity index is 2940. The van der Waals surface area contributed by atoms with Crippen LogP contribution in [-0.2, 0) is 21.4 Å². The van der Waals surface area contributed by atoms with E-state index in [1.165, 1.54) is 12.1 Å². The van der Waals surface area contributed by atoms with Gasteiger partial charge < -0.3 is 30.5 Å². The Labute approximate surface area is 407 Å². The molecule has 6 heterocycles. The molecule has 358 valence electrons. The van der Waals surface area contributed by atoms with Crippen molar-refractivity contribution in [2.24, 2.45) is 7.05 Å². The van der Waals surface area contributed by atoms with Crippen LogP contribution < -0.4 is 36.2 Å². The second-order valence-corrected chi connectivity index (χ2v) is 20.6. The Morgan fingerprint density at radius 3 is 2.42 bits per heavy atom. The SMILES string of the molecule is COc1cc(N2CCN(C(=O)CN3CCC(c4ccc(C(=O)NC5CCC(=O)NC5=O)c(F)c4)CC3)CC2)c(-c2cnn(C)c2)cc1Nc1ncc(Br)c(Nc2ccc3nccnc3c2P(C)C)n1. The van der Waals surface area contributed by atoms with Crippen molar-refractivity contribution in [1.29, 1.82) is 0 Å². The average Bonchev–Trinajstić information content (AvgIpc) is 3.79. The van der Waals surface area contributed by atoms with E-state index >= 15 is 4.39 Å². The summed E-state index contributed by atoms with van der Waals surface area (Å²) in [5.41, 5.74) is 6.67. The van der Waals surface area contributed by atoms with E-state index < -0.39 is 37.5 Å². The number of nitrogens with one attached hydrogen (secondary N) is 4. The molecule has 3 aromatic heterocycles. The predicted molar refractivity (Wildman–Crippen MR) is 267 cm³/mol. The van der Waals surface area contributed by atoms with E-state index in [1.807, 2.05) is 48.6 Å². The third kappa shape index (κ3) is 10.5. The van der Waals surface area contributed by atoms with E-state index in [-0.39, 0.29) is 30.2 Å². The topological polar surface area (TPSA) is 205 Å². The van der Waals surface area contributed by atoms with E-state index in [0.29, 0.717) is 73.5 Å². The molecule has 21 heteroatoms. The second-order valence-electron chi connectivity index (χ2n) is 17.5. The number of imide groups is 1. The number of anilines is 5. The first-order valence-electron chi connectivity index (χ1n) is 22.7. The van der Waals surface area contributed by atoms with Gasteiger partial charge in [-0.25, -0.2) is 9.37 Å². The number of carbonyl (C=O) groups is 4. The highest BCUT2D eigenvalue weighted by Crippen LogP contribution is 2.41. The zero-order valence-electron chi connectivity index (χ0n) is 38.6. The molecule has 9 rings (SSSR count). The summed E-state index contributed by atoms with van der Waals surface area (Å²) >= 11 is 3.64. The number of carbonyl (C=O) groups excluding carboxylic acids is 4. The Kier molecular flexibility index (Phi) is 14.1. The monoisotopic (exact) mass is 1020 g/mol. The number of amides is 4. The van der Waals surface area contributed by atoms with Gasteiger partial charge in [-0.15, -0.1) is 0 Å². The first kappa shape index (κ1) is 47.4. The molecule has 4 N–H and O–H groups in total. The molecule has 6 aromatic rings. The molecule has 1 unspecified atom stereocenters. The molecular weight excluding hydrogens is 968 g/mol. The van der Waals surface area contributed by atoms with Gasteiger partial charge in [0, 0.05) is 98.3 Å². The highest BCUT2D eigenvalue weighted by Gasteiger charge is 2.31. The molecule has 18 nitrogen and oxygen atoms in total. The van der Waals surface area contributed by atoms with E-state index in [4.69, 9.17) is 9.72 Å². The lowest BCUT2D eigenvalue weighted by Gasteiger charge is -2.39. The number of nitrogens with zero attached hydrogens (tertiary/aromatic N) is 9. The van der Waals surface area contributed by atoms with Crippen molar-refractivity contribution in [3.8, 4) is 16.9 Å². The fourth-order valence-electron chi connectivity index (χ4n) is 9.18. The molecule has 3 aromatic carbocycles. The molecule has 69 heavy (non-hydrogen) atoms. The van der Waals surface area contributed by atoms with Gasteiger partial charge >= 0.3 is 0 Å². The number of aryl methyl sites for hydroxylation is 1. The normalized spacial score (nSPS) is 17.0. The number of fused-ring (bicyclic) bond motifs is 1. The highest BCUT2D eigenvalue weighted by molar-refractivity contribution is 9.10. The number of likely N-dealkylation sites (tertiary alicyclic amines) is 1. The summed E-state index contributed by atoms with van der Waals surface area (Å²) in [7, 11) is 2.96. The summed E-state index contributed by atoms with van der Waals surface area (Å²) in [6, 6.07) is 11.7. The highest BCUT2D eigenvalue weighted by atomic mass is 79.9. The number of rotatable bonds is 13. The maximum atomic E-state index is 15.2. The first-order chi connectivity index (χ1) is 33.3. The molecule has 1 atom stereocenters. The average molecular weight is 1020 g/mol. The van der Waals surface area contributed by atoms with Crippen molar-refractivity contribution in [2.75, 3.05) is 81.8 Å². The molecule has 0 spiro atoms. The molecule has 0 radical (unpaired) electrons. The van der Waals surface area contributed by atoms with Crippen LogP contribution in [0.4, 0.5) is 33.2 Å². The summed E-state index contributed by atoms with van der Waals surface area (Å²) in [6.07, 6.45) is 10.7. The lowest BCUT2D eigenvalue weighted by atomic mass is 9.88. The molecule has 0 saturated carbocycles. The Hall–Kier alpha value is -6.63. The van der Waals surface area contributed by atoms with Crippen LogP contribution in [0.1, 0.15) is 47.5 Å². The standard InChI is InChI=1S/C48H52BrFN13O5P/c1-60-26-30(24-54-60)32-22-38(57-48-53-25-33(49)45(59-48)55-36-8-7-35-43(44(36)69(3)4)52-14-13-51-35)40(68-2)23-39(32)62-17-19-63(20-18-62)42(65)27-61-15-11-28(12-16-61)29-5-6-31(34(50)21-29)46(66)56-37-9-10-41(64)58-47(37)67/h5-8,13-14,21-26,28,37H,9-12,15-20,27H2,1-4H3,(H,56,66)(H,58,64,67)(H2,53,55,57,59). The third-order valence-corrected chi connectivity index (χ3v) is 14.7. The van der Waals surface area contributed by atoms with Crippen LogP contribution in [0.3, 0.4) is 0 Å². The van der Waals surface area contributed by atoms with Crippen molar-refractivity contribution in [3.63, 3.8) is 0 Å². The number of hydrogen-bond acceptors (Lipinski definition) is 14. The number of piperazine rings is 1. The number of benzene rings is 3. The van der Waals surface area contributed by atoms with Crippen LogP contribution in [0.15, 0.2) is 77.9 Å². The third-order valence-electron chi connectivity index (χ3n) is 12.8. The van der Waals surface area contributed by atoms with E-state index in [1.54, 1.807) is 36.4 Å². The molecule has 3 saturated heterocycles. The van der Waals surface area contributed by atoms with Crippen molar-refractivity contribution in [3.05, 3.63) is 94.9 Å². The van der Waals surface area contributed by atoms with Gasteiger partial charge in [0.1, 0.15) is 23.4 Å². The Balaban J connectivity index is 0.831. The van der Waals surface area contributed by atoms with Crippen molar-refractivity contribution >= 4 is 92.6 Å². The maximum absolute atomic E-state index is 15.2. The van der Waals surface area contributed by atoms with Gasteiger partial charge in [0.25, 0.3) is 5.91 Å². The van der Waals surface area contributed by atoms with Gasteiger partial charge in [0.15, 0.2) is 0 Å². The van der Waals surface area contributed by atoms with Gasteiger partial charge in [-0.05, 0) is 103 Å². The molecular formula is C48H52BrFN13O5P. The van der Waals surface area contributed by atoms with Crippen LogP contribution in [0.5, 0.6) is 5.75 Å². The van der Waals surface area contributed by atoms with Gasteiger partial charge in [-0.2, -0.15) is 10.1 Å². The van der Waals surface area contributed by atoms with E-state index in [2.05, 4.69) is 80.4 Å². The summed E-state index contributed by atoms with van der Waals surface area (Å²) in [6.45, 7) is 8.31. The fraction of sp³-hybridized carbons (Fsp3) is 0.354.